The van der Waals surface area contributed by atoms with Gasteiger partial charge < -0.3 is 23.7 Å². The van der Waals surface area contributed by atoms with Crippen LogP contribution in [0.15, 0.2) is 0 Å². The largest absolute Gasteiger partial charge is 0.462 e. The number of carbonyl (C=O) groups is 3. The van der Waals surface area contributed by atoms with Crippen molar-refractivity contribution in [2.75, 3.05) is 19.8 Å². The van der Waals surface area contributed by atoms with Gasteiger partial charge in [0.1, 0.15) is 12.7 Å². The third-order valence-corrected chi connectivity index (χ3v) is 2.91. The van der Waals surface area contributed by atoms with E-state index in [-0.39, 0.29) is 13.2 Å². The monoisotopic (exact) mass is 362 g/mol. The van der Waals surface area contributed by atoms with Crippen molar-refractivity contribution >= 4 is 17.9 Å². The minimum atomic E-state index is -0.944. The summed E-state index contributed by atoms with van der Waals surface area (Å²) in [6, 6.07) is 0. The van der Waals surface area contributed by atoms with Crippen LogP contribution in [-0.2, 0) is 38.1 Å². The smallest absolute Gasteiger partial charge is 0.303 e. The van der Waals surface area contributed by atoms with Crippen molar-refractivity contribution < 1.29 is 38.1 Å². The first-order valence-electron chi connectivity index (χ1n) is 8.32. The van der Waals surface area contributed by atoms with Crippen LogP contribution in [0.5, 0.6) is 0 Å². The molecule has 0 heterocycles. The Bertz CT molecular complexity index is 421. The third kappa shape index (κ3) is 13.3. The molecule has 3 atom stereocenters. The highest BCUT2D eigenvalue weighted by atomic mass is 16.7. The van der Waals surface area contributed by atoms with Crippen molar-refractivity contribution in [1.82, 2.24) is 0 Å². The highest BCUT2D eigenvalue weighted by molar-refractivity contribution is 5.67. The molecule has 0 aliphatic rings. The van der Waals surface area contributed by atoms with Gasteiger partial charge in [-0.05, 0) is 19.3 Å². The van der Waals surface area contributed by atoms with Crippen LogP contribution in [0.4, 0.5) is 0 Å². The number of hydrogen-bond acceptors (Lipinski definition) is 8. The SMILES string of the molecule is CC(=O)OC[C@H](OC(C)=O)C(OCCC(C)C)OC[C@H](C)OC(C)=O. The van der Waals surface area contributed by atoms with Crippen molar-refractivity contribution in [3.63, 3.8) is 0 Å². The zero-order chi connectivity index (χ0) is 19.4. The van der Waals surface area contributed by atoms with Crippen molar-refractivity contribution in [2.45, 2.75) is 66.5 Å². The van der Waals surface area contributed by atoms with Crippen LogP contribution < -0.4 is 0 Å². The third-order valence-electron chi connectivity index (χ3n) is 2.91. The molecule has 0 fully saturated rings. The van der Waals surface area contributed by atoms with Crippen LogP contribution in [0.1, 0.15) is 48.0 Å². The normalized spacial score (nSPS) is 14.5. The van der Waals surface area contributed by atoms with Crippen LogP contribution in [0.25, 0.3) is 0 Å². The van der Waals surface area contributed by atoms with Gasteiger partial charge in [-0.1, -0.05) is 13.8 Å². The van der Waals surface area contributed by atoms with Gasteiger partial charge >= 0.3 is 17.9 Å². The molecule has 25 heavy (non-hydrogen) atoms. The standard InChI is InChI=1S/C17H30O8/c1-11(2)7-8-21-17(23-9-12(3)24-14(5)19)16(25-15(6)20)10-22-13(4)18/h11-12,16-17H,7-10H2,1-6H3/t12-,16-,17?/m0/s1. The maximum absolute atomic E-state index is 11.3. The Morgan fingerprint density at radius 3 is 1.88 bits per heavy atom. The van der Waals surface area contributed by atoms with Crippen LogP contribution >= 0.6 is 0 Å². The molecule has 0 aromatic rings. The summed E-state index contributed by atoms with van der Waals surface area (Å²) >= 11 is 0. The van der Waals surface area contributed by atoms with E-state index in [1.54, 1.807) is 6.92 Å². The molecule has 0 N–H and O–H groups in total. The summed E-state index contributed by atoms with van der Waals surface area (Å²) < 4.78 is 26.4. The molecule has 8 nitrogen and oxygen atoms in total. The van der Waals surface area contributed by atoms with E-state index in [1.165, 1.54) is 20.8 Å². The first-order chi connectivity index (χ1) is 11.6. The summed E-state index contributed by atoms with van der Waals surface area (Å²) in [7, 11) is 0. The van der Waals surface area contributed by atoms with Crippen molar-refractivity contribution in [2.24, 2.45) is 5.92 Å². The molecule has 0 aromatic heterocycles. The Hall–Kier alpha value is -1.67. The minimum absolute atomic E-state index is 0.0454. The number of rotatable bonds is 12. The number of carbonyl (C=O) groups excluding carboxylic acids is 3. The molecular formula is C17H30O8. The average Bonchev–Trinajstić information content (AvgIpc) is 2.45. The fraction of sp³-hybridized carbons (Fsp3) is 0.824. The van der Waals surface area contributed by atoms with Gasteiger partial charge in [0.2, 0.25) is 0 Å². The van der Waals surface area contributed by atoms with E-state index in [4.69, 9.17) is 23.7 Å². The Labute approximate surface area is 149 Å². The van der Waals surface area contributed by atoms with Crippen molar-refractivity contribution in [3.8, 4) is 0 Å². The van der Waals surface area contributed by atoms with Gasteiger partial charge in [-0.25, -0.2) is 0 Å². The first kappa shape index (κ1) is 23.3. The second-order valence-corrected chi connectivity index (χ2v) is 6.13. The summed E-state index contributed by atoms with van der Waals surface area (Å²) in [5.41, 5.74) is 0. The summed E-state index contributed by atoms with van der Waals surface area (Å²) in [4.78, 5) is 33.3. The summed E-state index contributed by atoms with van der Waals surface area (Å²) in [5.74, 6) is -1.07. The van der Waals surface area contributed by atoms with E-state index in [0.29, 0.717) is 12.5 Å². The second-order valence-electron chi connectivity index (χ2n) is 6.13. The molecule has 0 spiro atoms. The molecule has 146 valence electrons. The highest BCUT2D eigenvalue weighted by Crippen LogP contribution is 2.12. The molecule has 0 saturated heterocycles. The quantitative estimate of drug-likeness (QED) is 0.295. The van der Waals surface area contributed by atoms with Gasteiger partial charge in [0.25, 0.3) is 0 Å². The van der Waals surface area contributed by atoms with Gasteiger partial charge in [-0.15, -0.1) is 0 Å². The minimum Gasteiger partial charge on any atom is -0.462 e. The van der Waals surface area contributed by atoms with E-state index in [1.807, 2.05) is 13.8 Å². The lowest BCUT2D eigenvalue weighted by Gasteiger charge is -2.27. The van der Waals surface area contributed by atoms with E-state index in [2.05, 4.69) is 0 Å². The summed E-state index contributed by atoms with van der Waals surface area (Å²) in [6.45, 7) is 9.79. The molecule has 0 rings (SSSR count). The molecule has 0 amide bonds. The summed E-state index contributed by atoms with van der Waals surface area (Å²) in [5, 5.41) is 0. The molecule has 1 unspecified atom stereocenters. The van der Waals surface area contributed by atoms with Crippen molar-refractivity contribution in [3.05, 3.63) is 0 Å². The molecule has 0 saturated carbocycles. The topological polar surface area (TPSA) is 97.4 Å². The van der Waals surface area contributed by atoms with Crippen LogP contribution in [-0.4, -0.2) is 56.2 Å². The number of esters is 3. The molecule has 0 aliphatic heterocycles. The fourth-order valence-corrected chi connectivity index (χ4v) is 1.81. The Morgan fingerprint density at radius 1 is 0.800 bits per heavy atom. The van der Waals surface area contributed by atoms with Crippen LogP contribution in [0.2, 0.25) is 0 Å². The van der Waals surface area contributed by atoms with E-state index in [0.717, 1.165) is 6.42 Å². The maximum atomic E-state index is 11.3. The van der Waals surface area contributed by atoms with Gasteiger partial charge in [0.15, 0.2) is 12.4 Å². The lowest BCUT2D eigenvalue weighted by molar-refractivity contribution is -0.226. The zero-order valence-corrected chi connectivity index (χ0v) is 15.9. The average molecular weight is 362 g/mol. The van der Waals surface area contributed by atoms with Gasteiger partial charge in [-0.3, -0.25) is 14.4 Å². The molecule has 0 aromatic carbocycles. The highest BCUT2D eigenvalue weighted by Gasteiger charge is 2.28. The predicted octanol–water partition coefficient (Wildman–Crippen LogP) is 1.84. The van der Waals surface area contributed by atoms with E-state index >= 15 is 0 Å². The van der Waals surface area contributed by atoms with Gasteiger partial charge in [0.05, 0.1) is 13.2 Å². The Morgan fingerprint density at radius 2 is 1.40 bits per heavy atom. The Kier molecular flexibility index (Phi) is 11.8. The molecule has 0 radical (unpaired) electrons. The lowest BCUT2D eigenvalue weighted by Crippen LogP contribution is -2.41. The predicted molar refractivity (Wildman–Crippen MR) is 88.6 cm³/mol. The number of ether oxygens (including phenoxy) is 5. The van der Waals surface area contributed by atoms with Gasteiger partial charge in [0, 0.05) is 20.8 Å². The summed E-state index contributed by atoms with van der Waals surface area (Å²) in [6.07, 6.45) is -1.59. The second kappa shape index (κ2) is 12.7. The van der Waals surface area contributed by atoms with Gasteiger partial charge in [-0.2, -0.15) is 0 Å². The molecule has 0 aliphatic carbocycles. The number of hydrogen-bond donors (Lipinski definition) is 0. The van der Waals surface area contributed by atoms with Crippen molar-refractivity contribution in [1.29, 1.82) is 0 Å². The zero-order valence-electron chi connectivity index (χ0n) is 15.9. The van der Waals surface area contributed by atoms with Crippen LogP contribution in [0.3, 0.4) is 0 Å². The fourth-order valence-electron chi connectivity index (χ4n) is 1.81. The molecule has 0 bridgehead atoms. The first-order valence-corrected chi connectivity index (χ1v) is 8.32. The molecular weight excluding hydrogens is 332 g/mol. The van der Waals surface area contributed by atoms with Crippen LogP contribution in [0, 0.1) is 5.92 Å². The maximum Gasteiger partial charge on any atom is 0.303 e. The lowest BCUT2D eigenvalue weighted by atomic mass is 10.1. The van der Waals surface area contributed by atoms with E-state index in [9.17, 15) is 14.4 Å². The van der Waals surface area contributed by atoms with E-state index < -0.39 is 36.4 Å². The molecule has 8 heteroatoms. The Balaban J connectivity index is 4.88.